The lowest BCUT2D eigenvalue weighted by Crippen LogP contribution is -1.85. The van der Waals surface area contributed by atoms with Crippen LogP contribution in [0.5, 0.6) is 0 Å². The van der Waals surface area contributed by atoms with Gasteiger partial charge in [0.2, 0.25) is 0 Å². The molecule has 0 unspecified atom stereocenters. The molecule has 0 atom stereocenters. The topological polar surface area (TPSA) is 0 Å². The summed E-state index contributed by atoms with van der Waals surface area (Å²) in [5, 5.41) is 0. The van der Waals surface area contributed by atoms with Gasteiger partial charge in [0, 0.05) is 5.75 Å². The van der Waals surface area contributed by atoms with Crippen molar-refractivity contribution in [2.45, 2.75) is 226 Å². The van der Waals surface area contributed by atoms with Gasteiger partial charge >= 0.3 is 0 Å². The minimum absolute atomic E-state index is 1.34. The Bertz CT molecular complexity index is 343. The van der Waals surface area contributed by atoms with E-state index in [1.807, 2.05) is 0 Å². The van der Waals surface area contributed by atoms with Gasteiger partial charge in [-0.05, 0) is 18.6 Å². The van der Waals surface area contributed by atoms with Crippen molar-refractivity contribution in [1.29, 1.82) is 0 Å². The second kappa shape index (κ2) is 37.4. The zero-order valence-electron chi connectivity index (χ0n) is 27.0. The standard InChI is InChI=1S/C37H75S/c1-3-5-7-9-11-13-15-17-18-19-20-21-22-23-25-27-29-31-33-35-37-38-36-34-32-30-28-26-24-16-14-12-10-8-6-4-2/h37H,3-36H2,1-2H3. The fraction of sp³-hybridized carbons (Fsp3) is 0.973. The second-order valence-electron chi connectivity index (χ2n) is 12.4. The number of rotatable bonds is 35. The fourth-order valence-electron chi connectivity index (χ4n) is 5.68. The summed E-state index contributed by atoms with van der Waals surface area (Å²) in [6, 6.07) is 0. The molecule has 0 aromatic rings. The Balaban J connectivity index is 3.01. The summed E-state index contributed by atoms with van der Waals surface area (Å²) in [6.07, 6.45) is 48.3. The van der Waals surface area contributed by atoms with Crippen LogP contribution in [-0.4, -0.2) is 5.75 Å². The van der Waals surface area contributed by atoms with E-state index in [4.69, 9.17) is 0 Å². The molecule has 0 aliphatic rings. The van der Waals surface area contributed by atoms with Crippen LogP contribution in [0.2, 0.25) is 0 Å². The smallest absolute Gasteiger partial charge is 0.0166 e. The summed E-state index contributed by atoms with van der Waals surface area (Å²) in [6.45, 7) is 4.61. The molecule has 0 aromatic heterocycles. The van der Waals surface area contributed by atoms with Crippen LogP contribution in [-0.2, 0) is 0 Å². The van der Waals surface area contributed by atoms with Crippen LogP contribution >= 0.6 is 11.8 Å². The maximum Gasteiger partial charge on any atom is 0.0166 e. The lowest BCUT2D eigenvalue weighted by Gasteiger charge is -2.04. The minimum Gasteiger partial charge on any atom is -0.157 e. The van der Waals surface area contributed by atoms with Crippen LogP contribution in [0.1, 0.15) is 226 Å². The highest BCUT2D eigenvalue weighted by molar-refractivity contribution is 8.01. The summed E-state index contributed by atoms with van der Waals surface area (Å²) < 4.78 is 0. The number of hydrogen-bond acceptors (Lipinski definition) is 1. The van der Waals surface area contributed by atoms with Crippen molar-refractivity contribution in [2.75, 3.05) is 5.75 Å². The van der Waals surface area contributed by atoms with Crippen molar-refractivity contribution >= 4 is 11.8 Å². The van der Waals surface area contributed by atoms with Gasteiger partial charge in [-0.2, -0.15) is 11.8 Å². The predicted octanol–water partition coefficient (Wildman–Crippen LogP) is 14.8. The van der Waals surface area contributed by atoms with Crippen LogP contribution < -0.4 is 0 Å². The molecule has 1 radical (unpaired) electrons. The molecule has 0 amide bonds. The second-order valence-corrected chi connectivity index (χ2v) is 13.5. The zero-order valence-corrected chi connectivity index (χ0v) is 27.8. The van der Waals surface area contributed by atoms with Crippen molar-refractivity contribution in [1.82, 2.24) is 0 Å². The number of unbranched alkanes of at least 4 members (excludes halogenated alkanes) is 31. The molecule has 0 rings (SSSR count). The van der Waals surface area contributed by atoms with Crippen LogP contribution in [0.15, 0.2) is 0 Å². The average molecular weight is 552 g/mol. The Morgan fingerprint density at radius 1 is 0.289 bits per heavy atom. The third kappa shape index (κ3) is 36.4. The monoisotopic (exact) mass is 552 g/mol. The summed E-state index contributed by atoms with van der Waals surface area (Å²) >= 11 is 2.10. The van der Waals surface area contributed by atoms with E-state index in [1.54, 1.807) is 0 Å². The van der Waals surface area contributed by atoms with Crippen molar-refractivity contribution in [3.05, 3.63) is 5.75 Å². The molecule has 0 bridgehead atoms. The highest BCUT2D eigenvalue weighted by atomic mass is 32.2. The number of hydrogen-bond donors (Lipinski definition) is 0. The molecular weight excluding hydrogens is 476 g/mol. The third-order valence-electron chi connectivity index (χ3n) is 8.41. The van der Waals surface area contributed by atoms with Gasteiger partial charge in [0.1, 0.15) is 0 Å². The molecule has 1 heteroatoms. The SMILES string of the molecule is CCCCCCCCCCCCCCCCCCCCC[CH]SCCCCCCCCCCCCCCC. The van der Waals surface area contributed by atoms with Crippen LogP contribution in [0.25, 0.3) is 0 Å². The summed E-state index contributed by atoms with van der Waals surface area (Å²) in [5.74, 6) is 3.87. The molecule has 0 spiro atoms. The molecule has 0 saturated heterocycles. The molecule has 229 valence electrons. The van der Waals surface area contributed by atoms with Gasteiger partial charge in [-0.1, -0.05) is 213 Å². The van der Waals surface area contributed by atoms with E-state index in [9.17, 15) is 0 Å². The van der Waals surface area contributed by atoms with Crippen molar-refractivity contribution in [3.8, 4) is 0 Å². The molecular formula is C37H75S. The first-order valence-corrected chi connectivity index (χ1v) is 19.4. The molecule has 0 nitrogen and oxygen atoms in total. The Kier molecular flexibility index (Phi) is 37.7. The summed E-state index contributed by atoms with van der Waals surface area (Å²) in [5.41, 5.74) is 0. The first kappa shape index (κ1) is 38.4. The van der Waals surface area contributed by atoms with E-state index in [0.29, 0.717) is 0 Å². The van der Waals surface area contributed by atoms with E-state index in [2.05, 4.69) is 31.4 Å². The van der Waals surface area contributed by atoms with Gasteiger partial charge in [-0.25, -0.2) is 0 Å². The fourth-order valence-corrected chi connectivity index (χ4v) is 6.55. The summed E-state index contributed by atoms with van der Waals surface area (Å²) in [7, 11) is 0. The maximum absolute atomic E-state index is 2.51. The molecule has 0 aromatic carbocycles. The first-order valence-electron chi connectivity index (χ1n) is 18.3. The maximum atomic E-state index is 2.51. The molecule has 0 saturated carbocycles. The first-order chi connectivity index (χ1) is 18.9. The average Bonchev–Trinajstić information content (AvgIpc) is 2.93. The zero-order chi connectivity index (χ0) is 27.5. The van der Waals surface area contributed by atoms with Crippen molar-refractivity contribution in [2.24, 2.45) is 0 Å². The minimum atomic E-state index is 1.34. The molecule has 0 aliphatic carbocycles. The number of thioether (sulfide) groups is 1. The van der Waals surface area contributed by atoms with E-state index in [1.165, 1.54) is 218 Å². The Labute approximate surface area is 248 Å². The largest absolute Gasteiger partial charge is 0.157 e. The Hall–Kier alpha value is 0.350. The Morgan fingerprint density at radius 3 is 0.816 bits per heavy atom. The van der Waals surface area contributed by atoms with Gasteiger partial charge in [0.05, 0.1) is 0 Å². The van der Waals surface area contributed by atoms with Crippen molar-refractivity contribution in [3.63, 3.8) is 0 Å². The van der Waals surface area contributed by atoms with Gasteiger partial charge in [-0.3, -0.25) is 0 Å². The van der Waals surface area contributed by atoms with E-state index in [0.717, 1.165) is 0 Å². The van der Waals surface area contributed by atoms with Gasteiger partial charge in [0.25, 0.3) is 0 Å². The lowest BCUT2D eigenvalue weighted by molar-refractivity contribution is 0.523. The van der Waals surface area contributed by atoms with Crippen molar-refractivity contribution < 1.29 is 0 Å². The molecule has 38 heavy (non-hydrogen) atoms. The molecule has 0 fully saturated rings. The van der Waals surface area contributed by atoms with Crippen LogP contribution in [0.3, 0.4) is 0 Å². The normalized spacial score (nSPS) is 11.5. The van der Waals surface area contributed by atoms with E-state index < -0.39 is 0 Å². The molecule has 0 heterocycles. The highest BCUT2D eigenvalue weighted by Crippen LogP contribution is 2.18. The van der Waals surface area contributed by atoms with Crippen LogP contribution in [0, 0.1) is 5.75 Å². The van der Waals surface area contributed by atoms with Gasteiger partial charge in [0.15, 0.2) is 0 Å². The highest BCUT2D eigenvalue weighted by Gasteiger charge is 1.97. The molecule has 0 N–H and O–H groups in total. The molecule has 0 aliphatic heterocycles. The third-order valence-corrected chi connectivity index (χ3v) is 9.40. The summed E-state index contributed by atoms with van der Waals surface area (Å²) in [4.78, 5) is 0. The Morgan fingerprint density at radius 2 is 0.526 bits per heavy atom. The quantitative estimate of drug-likeness (QED) is 0.0706. The van der Waals surface area contributed by atoms with Crippen LogP contribution in [0.4, 0.5) is 0 Å². The lowest BCUT2D eigenvalue weighted by atomic mass is 10.0. The van der Waals surface area contributed by atoms with Gasteiger partial charge < -0.3 is 0 Å². The van der Waals surface area contributed by atoms with Gasteiger partial charge in [-0.15, -0.1) is 0 Å². The van der Waals surface area contributed by atoms with E-state index in [-0.39, 0.29) is 0 Å². The predicted molar refractivity (Wildman–Crippen MR) is 180 cm³/mol. The van der Waals surface area contributed by atoms with E-state index >= 15 is 0 Å².